The van der Waals surface area contributed by atoms with Crippen LogP contribution in [-0.4, -0.2) is 14.0 Å². The number of nitrogens with two attached hydrogens (primary N) is 1. The van der Waals surface area contributed by atoms with Crippen LogP contribution in [0.1, 0.15) is 20.8 Å². The van der Waals surface area contributed by atoms with Gasteiger partial charge in [0.25, 0.3) is 10.2 Å². The molecule has 7 heteroatoms. The van der Waals surface area contributed by atoms with E-state index in [9.17, 15) is 8.42 Å². The van der Waals surface area contributed by atoms with Gasteiger partial charge in [0.15, 0.2) is 0 Å². The molecule has 0 radical (unpaired) electrons. The topological polar surface area (TPSA) is 84.2 Å². The summed E-state index contributed by atoms with van der Waals surface area (Å²) in [7, 11) is -3.62. The first-order valence-corrected chi connectivity index (χ1v) is 7.23. The van der Waals surface area contributed by atoms with Crippen molar-refractivity contribution in [3.05, 3.63) is 22.7 Å². The minimum absolute atomic E-state index is 0.404. The minimum Gasteiger partial charge on any atom is -0.399 e. The molecule has 0 saturated heterocycles. The average molecular weight is 322 g/mol. The van der Waals surface area contributed by atoms with Crippen molar-refractivity contribution >= 4 is 37.5 Å². The Bertz CT molecular complexity index is 509. The molecule has 0 fully saturated rings. The van der Waals surface area contributed by atoms with Crippen LogP contribution in [0.2, 0.25) is 0 Å². The fraction of sp³-hybridized carbons (Fsp3) is 0.400. The number of nitrogen functional groups attached to an aromatic ring is 1. The van der Waals surface area contributed by atoms with E-state index < -0.39 is 15.7 Å². The van der Waals surface area contributed by atoms with E-state index in [2.05, 4.69) is 25.4 Å². The van der Waals surface area contributed by atoms with Crippen LogP contribution in [0, 0.1) is 0 Å². The molecule has 96 valence electrons. The molecule has 0 unspecified atom stereocenters. The van der Waals surface area contributed by atoms with Crippen LogP contribution in [0.3, 0.4) is 0 Å². The van der Waals surface area contributed by atoms with Crippen molar-refractivity contribution in [2.24, 2.45) is 0 Å². The van der Waals surface area contributed by atoms with E-state index in [1.807, 2.05) is 0 Å². The maximum Gasteiger partial charge on any atom is 0.299 e. The van der Waals surface area contributed by atoms with E-state index in [-0.39, 0.29) is 0 Å². The van der Waals surface area contributed by atoms with E-state index >= 15 is 0 Å². The van der Waals surface area contributed by atoms with Gasteiger partial charge in [0.2, 0.25) is 0 Å². The van der Waals surface area contributed by atoms with Crippen molar-refractivity contribution in [3.63, 3.8) is 0 Å². The second-order valence-electron chi connectivity index (χ2n) is 4.70. The molecule has 0 saturated carbocycles. The molecule has 0 bridgehead atoms. The lowest BCUT2D eigenvalue weighted by Gasteiger charge is -2.21. The molecule has 0 aromatic heterocycles. The molecule has 0 aliphatic heterocycles. The van der Waals surface area contributed by atoms with Gasteiger partial charge in [0.05, 0.1) is 5.69 Å². The molecule has 0 heterocycles. The number of rotatable bonds is 3. The van der Waals surface area contributed by atoms with E-state index in [1.54, 1.807) is 39.0 Å². The summed E-state index contributed by atoms with van der Waals surface area (Å²) < 4.78 is 29.1. The largest absolute Gasteiger partial charge is 0.399 e. The van der Waals surface area contributed by atoms with E-state index in [0.717, 1.165) is 0 Å². The first-order valence-electron chi connectivity index (χ1n) is 4.96. The van der Waals surface area contributed by atoms with Crippen LogP contribution >= 0.6 is 15.9 Å². The van der Waals surface area contributed by atoms with Gasteiger partial charge in [-0.1, -0.05) is 0 Å². The predicted molar refractivity (Wildman–Crippen MR) is 74.0 cm³/mol. The number of halogens is 1. The van der Waals surface area contributed by atoms with E-state index in [4.69, 9.17) is 5.73 Å². The fourth-order valence-electron chi connectivity index (χ4n) is 1.19. The molecule has 0 atom stereocenters. The van der Waals surface area contributed by atoms with Crippen LogP contribution in [0.25, 0.3) is 0 Å². The van der Waals surface area contributed by atoms with Crippen LogP contribution in [0.5, 0.6) is 0 Å². The molecule has 1 aromatic carbocycles. The van der Waals surface area contributed by atoms with Gasteiger partial charge in [-0.25, -0.2) is 0 Å². The SMILES string of the molecule is CC(C)(C)NS(=O)(=O)Nc1cc(N)ccc1Br. The Labute approximate surface area is 110 Å². The standard InChI is InChI=1S/C10H16BrN3O2S/c1-10(2,3)14-17(15,16)13-9-6-7(12)4-5-8(9)11/h4-6,13-14H,12H2,1-3H3. The summed E-state index contributed by atoms with van der Waals surface area (Å²) in [5.74, 6) is 0. The summed E-state index contributed by atoms with van der Waals surface area (Å²) in [6, 6.07) is 4.91. The van der Waals surface area contributed by atoms with Crippen molar-refractivity contribution < 1.29 is 8.42 Å². The Kier molecular flexibility index (Phi) is 4.06. The molecule has 4 N–H and O–H groups in total. The van der Waals surface area contributed by atoms with Gasteiger partial charge in [-0.05, 0) is 54.9 Å². The van der Waals surface area contributed by atoms with E-state index in [1.165, 1.54) is 0 Å². The maximum absolute atomic E-state index is 11.8. The summed E-state index contributed by atoms with van der Waals surface area (Å²) in [6.07, 6.45) is 0. The first kappa shape index (κ1) is 14.3. The van der Waals surface area contributed by atoms with Crippen molar-refractivity contribution in [1.82, 2.24) is 4.72 Å². The lowest BCUT2D eigenvalue weighted by molar-refractivity contribution is 0.494. The third-order valence-electron chi connectivity index (χ3n) is 1.68. The molecule has 5 nitrogen and oxygen atoms in total. The van der Waals surface area contributed by atoms with Crippen molar-refractivity contribution in [2.45, 2.75) is 26.3 Å². The lowest BCUT2D eigenvalue weighted by atomic mass is 10.1. The average Bonchev–Trinajstić information content (AvgIpc) is 2.06. The second-order valence-corrected chi connectivity index (χ2v) is 6.97. The lowest BCUT2D eigenvalue weighted by Crippen LogP contribution is -2.43. The molecule has 0 aliphatic rings. The van der Waals surface area contributed by atoms with Gasteiger partial charge >= 0.3 is 0 Å². The van der Waals surface area contributed by atoms with Gasteiger partial charge in [-0.3, -0.25) is 4.72 Å². The third-order valence-corrected chi connectivity index (χ3v) is 3.74. The highest BCUT2D eigenvalue weighted by atomic mass is 79.9. The first-order chi connectivity index (χ1) is 7.59. The Morgan fingerprint density at radius 3 is 2.41 bits per heavy atom. The Morgan fingerprint density at radius 2 is 1.88 bits per heavy atom. The Morgan fingerprint density at radius 1 is 1.29 bits per heavy atom. The molecule has 0 amide bonds. The zero-order valence-corrected chi connectivity index (χ0v) is 12.3. The highest BCUT2D eigenvalue weighted by molar-refractivity contribution is 9.10. The number of benzene rings is 1. The minimum atomic E-state index is -3.62. The number of hydrogen-bond acceptors (Lipinski definition) is 3. The van der Waals surface area contributed by atoms with E-state index in [0.29, 0.717) is 15.8 Å². The summed E-state index contributed by atoms with van der Waals surface area (Å²) in [6.45, 7) is 5.29. The molecule has 0 aliphatic carbocycles. The number of nitrogens with one attached hydrogen (secondary N) is 2. The number of hydrogen-bond donors (Lipinski definition) is 3. The molecule has 1 aromatic rings. The normalized spacial score (nSPS) is 12.5. The smallest absolute Gasteiger partial charge is 0.299 e. The summed E-state index contributed by atoms with van der Waals surface area (Å²) in [5.41, 5.74) is 5.95. The highest BCUT2D eigenvalue weighted by Gasteiger charge is 2.20. The Balaban J connectivity index is 2.94. The van der Waals surface area contributed by atoms with Crippen molar-refractivity contribution in [1.29, 1.82) is 0 Å². The fourth-order valence-corrected chi connectivity index (χ4v) is 2.99. The van der Waals surface area contributed by atoms with Crippen molar-refractivity contribution in [3.8, 4) is 0 Å². The Hall–Kier alpha value is -0.790. The van der Waals surface area contributed by atoms with Crippen molar-refractivity contribution in [2.75, 3.05) is 10.5 Å². The summed E-state index contributed by atoms with van der Waals surface area (Å²) >= 11 is 3.25. The van der Waals surface area contributed by atoms with Crippen LogP contribution in [0.15, 0.2) is 22.7 Å². The highest BCUT2D eigenvalue weighted by Crippen LogP contribution is 2.25. The predicted octanol–water partition coefficient (Wildman–Crippen LogP) is 2.08. The third kappa shape index (κ3) is 4.93. The molecule has 0 spiro atoms. The van der Waals surface area contributed by atoms with Crippen LogP contribution in [0.4, 0.5) is 11.4 Å². The van der Waals surface area contributed by atoms with Gasteiger partial charge in [-0.2, -0.15) is 13.1 Å². The molecular weight excluding hydrogens is 306 g/mol. The summed E-state index contributed by atoms with van der Waals surface area (Å²) in [5, 5.41) is 0. The zero-order valence-electron chi connectivity index (χ0n) is 9.91. The van der Waals surface area contributed by atoms with Gasteiger partial charge < -0.3 is 5.73 Å². The van der Waals surface area contributed by atoms with Gasteiger partial charge in [-0.15, -0.1) is 0 Å². The summed E-state index contributed by atoms with van der Waals surface area (Å²) in [4.78, 5) is 0. The maximum atomic E-state index is 11.8. The zero-order chi connectivity index (χ0) is 13.3. The number of anilines is 2. The monoisotopic (exact) mass is 321 g/mol. The molecule has 17 heavy (non-hydrogen) atoms. The quantitative estimate of drug-likeness (QED) is 0.745. The van der Waals surface area contributed by atoms with Gasteiger partial charge in [0, 0.05) is 15.7 Å². The molecule has 1 rings (SSSR count). The van der Waals surface area contributed by atoms with Crippen LogP contribution in [-0.2, 0) is 10.2 Å². The van der Waals surface area contributed by atoms with Gasteiger partial charge in [0.1, 0.15) is 0 Å². The van der Waals surface area contributed by atoms with Crippen LogP contribution < -0.4 is 15.2 Å². The molecular formula is C10H16BrN3O2S. The second kappa shape index (κ2) is 4.83.